The summed E-state index contributed by atoms with van der Waals surface area (Å²) in [7, 11) is 0. The average molecular weight is 289 g/mol. The number of benzene rings is 2. The third-order valence-electron chi connectivity index (χ3n) is 2.98. The number of rotatable bonds is 4. The summed E-state index contributed by atoms with van der Waals surface area (Å²) < 4.78 is 19.2. The molecule has 0 saturated heterocycles. The second-order valence-corrected chi connectivity index (χ2v) is 5.21. The Bertz CT molecular complexity index is 655. The van der Waals surface area contributed by atoms with Gasteiger partial charge in [-0.15, -0.1) is 0 Å². The normalized spacial score (nSPS) is 10.3. The minimum Gasteiger partial charge on any atom is -0.489 e. The molecule has 2 aromatic carbocycles. The predicted molar refractivity (Wildman–Crippen MR) is 82.5 cm³/mol. The second-order valence-electron chi connectivity index (χ2n) is 4.77. The largest absolute Gasteiger partial charge is 0.489 e. The van der Waals surface area contributed by atoms with E-state index in [9.17, 15) is 4.39 Å². The Kier molecular flexibility index (Phi) is 4.35. The van der Waals surface area contributed by atoms with Gasteiger partial charge in [-0.1, -0.05) is 24.4 Å². The Hall–Kier alpha value is -1.94. The monoisotopic (exact) mass is 289 g/mol. The Labute approximate surface area is 123 Å². The van der Waals surface area contributed by atoms with Gasteiger partial charge in [0.1, 0.15) is 23.2 Å². The quantitative estimate of drug-likeness (QED) is 0.873. The molecular formula is C16H16FNOS. The standard InChI is InChI=1S/C16H16FNOS/c1-10-3-4-11(2)15(5-10)19-9-12-6-13(16(18)20)8-14(17)7-12/h3-8H,9H2,1-2H3,(H2,18,20). The van der Waals surface area contributed by atoms with Crippen LogP contribution in [0, 0.1) is 19.7 Å². The first-order valence-corrected chi connectivity index (χ1v) is 6.66. The summed E-state index contributed by atoms with van der Waals surface area (Å²) in [6.45, 7) is 4.25. The molecule has 0 unspecified atom stereocenters. The Balaban J connectivity index is 2.18. The molecule has 2 rings (SSSR count). The lowest BCUT2D eigenvalue weighted by Crippen LogP contribution is -2.10. The summed E-state index contributed by atoms with van der Waals surface area (Å²) in [4.78, 5) is 0.178. The Morgan fingerprint density at radius 2 is 1.95 bits per heavy atom. The molecule has 0 spiro atoms. The van der Waals surface area contributed by atoms with Gasteiger partial charge in [-0.25, -0.2) is 4.39 Å². The maximum absolute atomic E-state index is 13.5. The zero-order valence-corrected chi connectivity index (χ0v) is 12.3. The summed E-state index contributed by atoms with van der Waals surface area (Å²) in [6, 6.07) is 10.5. The summed E-state index contributed by atoms with van der Waals surface area (Å²) in [5, 5.41) is 0. The molecule has 0 amide bonds. The van der Waals surface area contributed by atoms with Crippen LogP contribution in [0.3, 0.4) is 0 Å². The van der Waals surface area contributed by atoms with Crippen LogP contribution in [0.5, 0.6) is 5.75 Å². The third-order valence-corrected chi connectivity index (χ3v) is 3.22. The highest BCUT2D eigenvalue weighted by atomic mass is 32.1. The van der Waals surface area contributed by atoms with E-state index in [0.29, 0.717) is 11.1 Å². The van der Waals surface area contributed by atoms with Crippen LogP contribution < -0.4 is 10.5 Å². The van der Waals surface area contributed by atoms with Gasteiger partial charge in [-0.2, -0.15) is 0 Å². The molecule has 0 aromatic heterocycles. The highest BCUT2D eigenvalue weighted by Gasteiger charge is 2.05. The van der Waals surface area contributed by atoms with Crippen molar-refractivity contribution < 1.29 is 9.13 Å². The number of nitrogens with two attached hydrogens (primary N) is 1. The fraction of sp³-hybridized carbons (Fsp3) is 0.188. The van der Waals surface area contributed by atoms with Crippen molar-refractivity contribution in [1.82, 2.24) is 0 Å². The first kappa shape index (κ1) is 14.5. The molecule has 0 radical (unpaired) electrons. The van der Waals surface area contributed by atoms with Crippen LogP contribution in [0.15, 0.2) is 36.4 Å². The van der Waals surface area contributed by atoms with Crippen molar-refractivity contribution in [2.75, 3.05) is 0 Å². The summed E-state index contributed by atoms with van der Waals surface area (Å²) in [5.41, 5.74) is 8.90. The highest BCUT2D eigenvalue weighted by molar-refractivity contribution is 7.80. The van der Waals surface area contributed by atoms with Crippen molar-refractivity contribution in [2.45, 2.75) is 20.5 Å². The number of aryl methyl sites for hydroxylation is 2. The zero-order valence-electron chi connectivity index (χ0n) is 11.4. The first-order valence-electron chi connectivity index (χ1n) is 6.25. The van der Waals surface area contributed by atoms with Crippen molar-refractivity contribution in [2.24, 2.45) is 5.73 Å². The molecule has 20 heavy (non-hydrogen) atoms. The van der Waals surface area contributed by atoms with E-state index in [1.165, 1.54) is 12.1 Å². The van der Waals surface area contributed by atoms with E-state index in [1.807, 2.05) is 32.0 Å². The maximum atomic E-state index is 13.5. The number of hydrogen-bond acceptors (Lipinski definition) is 2. The van der Waals surface area contributed by atoms with E-state index in [4.69, 9.17) is 22.7 Å². The van der Waals surface area contributed by atoms with E-state index in [-0.39, 0.29) is 17.4 Å². The van der Waals surface area contributed by atoms with Crippen LogP contribution in [0.4, 0.5) is 4.39 Å². The summed E-state index contributed by atoms with van der Waals surface area (Å²) >= 11 is 4.87. The third kappa shape index (κ3) is 3.54. The number of ether oxygens (including phenoxy) is 1. The number of hydrogen-bond donors (Lipinski definition) is 1. The van der Waals surface area contributed by atoms with Crippen LogP contribution in [0.1, 0.15) is 22.3 Å². The molecule has 0 fully saturated rings. The Morgan fingerprint density at radius 3 is 2.65 bits per heavy atom. The molecule has 2 N–H and O–H groups in total. The van der Waals surface area contributed by atoms with E-state index < -0.39 is 0 Å². The van der Waals surface area contributed by atoms with E-state index in [0.717, 1.165) is 16.9 Å². The van der Waals surface area contributed by atoms with Crippen LogP contribution in [-0.2, 0) is 6.61 Å². The zero-order chi connectivity index (χ0) is 14.7. The molecule has 0 bridgehead atoms. The summed E-state index contributed by atoms with van der Waals surface area (Å²) in [6.07, 6.45) is 0. The van der Waals surface area contributed by atoms with Gasteiger partial charge in [0.05, 0.1) is 0 Å². The van der Waals surface area contributed by atoms with Crippen LogP contribution >= 0.6 is 12.2 Å². The topological polar surface area (TPSA) is 35.2 Å². The molecular weight excluding hydrogens is 273 g/mol. The molecule has 0 aliphatic carbocycles. The van der Waals surface area contributed by atoms with Crippen molar-refractivity contribution in [3.63, 3.8) is 0 Å². The van der Waals surface area contributed by atoms with Gasteiger partial charge in [0.2, 0.25) is 0 Å². The average Bonchev–Trinajstić information content (AvgIpc) is 2.39. The minimum absolute atomic E-state index is 0.178. The maximum Gasteiger partial charge on any atom is 0.124 e. The smallest absolute Gasteiger partial charge is 0.124 e. The molecule has 2 aromatic rings. The SMILES string of the molecule is Cc1ccc(C)c(OCc2cc(F)cc(C(N)=S)c2)c1. The lowest BCUT2D eigenvalue weighted by molar-refractivity contribution is 0.303. The molecule has 0 aliphatic rings. The lowest BCUT2D eigenvalue weighted by atomic mass is 10.1. The van der Waals surface area contributed by atoms with Crippen molar-refractivity contribution in [3.05, 3.63) is 64.5 Å². The van der Waals surface area contributed by atoms with E-state index >= 15 is 0 Å². The van der Waals surface area contributed by atoms with Gasteiger partial charge in [0.15, 0.2) is 0 Å². The van der Waals surface area contributed by atoms with Gasteiger partial charge in [0, 0.05) is 5.56 Å². The fourth-order valence-electron chi connectivity index (χ4n) is 1.90. The van der Waals surface area contributed by atoms with Gasteiger partial charge < -0.3 is 10.5 Å². The van der Waals surface area contributed by atoms with Gasteiger partial charge in [0.25, 0.3) is 0 Å². The molecule has 2 nitrogen and oxygen atoms in total. The first-order chi connectivity index (χ1) is 9.45. The molecule has 0 heterocycles. The number of halogens is 1. The number of thiocarbonyl (C=S) groups is 1. The van der Waals surface area contributed by atoms with E-state index in [1.54, 1.807) is 6.07 Å². The minimum atomic E-state index is -0.366. The molecule has 104 valence electrons. The summed E-state index contributed by atoms with van der Waals surface area (Å²) in [5.74, 6) is 0.431. The van der Waals surface area contributed by atoms with Gasteiger partial charge in [-0.3, -0.25) is 0 Å². The van der Waals surface area contributed by atoms with Crippen LogP contribution in [0.25, 0.3) is 0 Å². The predicted octanol–water partition coefficient (Wildman–Crippen LogP) is 3.66. The van der Waals surface area contributed by atoms with Crippen molar-refractivity contribution in [1.29, 1.82) is 0 Å². The molecule has 0 atom stereocenters. The Morgan fingerprint density at radius 1 is 1.20 bits per heavy atom. The van der Waals surface area contributed by atoms with Crippen LogP contribution in [0.2, 0.25) is 0 Å². The van der Waals surface area contributed by atoms with Crippen LogP contribution in [-0.4, -0.2) is 4.99 Å². The van der Waals surface area contributed by atoms with Crippen molar-refractivity contribution in [3.8, 4) is 5.75 Å². The van der Waals surface area contributed by atoms with Gasteiger partial charge >= 0.3 is 0 Å². The van der Waals surface area contributed by atoms with Gasteiger partial charge in [-0.05, 0) is 54.8 Å². The lowest BCUT2D eigenvalue weighted by Gasteiger charge is -2.11. The fourth-order valence-corrected chi connectivity index (χ4v) is 2.02. The van der Waals surface area contributed by atoms with Crippen molar-refractivity contribution >= 4 is 17.2 Å². The molecule has 0 saturated carbocycles. The van der Waals surface area contributed by atoms with E-state index in [2.05, 4.69) is 0 Å². The highest BCUT2D eigenvalue weighted by Crippen LogP contribution is 2.21. The molecule has 4 heteroatoms. The molecule has 0 aliphatic heterocycles. The second kappa shape index (κ2) is 6.01.